The van der Waals surface area contributed by atoms with E-state index in [4.69, 9.17) is 11.6 Å². The maximum absolute atomic E-state index is 5.85. The van der Waals surface area contributed by atoms with Crippen LogP contribution < -0.4 is 0 Å². The fraction of sp³-hybridized carbons (Fsp3) is 0.417. The van der Waals surface area contributed by atoms with Crippen LogP contribution in [0.5, 0.6) is 0 Å². The van der Waals surface area contributed by atoms with E-state index in [1.165, 1.54) is 30.4 Å². The van der Waals surface area contributed by atoms with Gasteiger partial charge in [0.05, 0.1) is 0 Å². The average Bonchev–Trinajstić information content (AvgIpc) is 2.19. The second-order valence-corrected chi connectivity index (χ2v) is 4.36. The van der Waals surface area contributed by atoms with Crippen molar-refractivity contribution in [1.29, 1.82) is 0 Å². The molecule has 0 aromatic carbocycles. The van der Waals surface area contributed by atoms with E-state index in [9.17, 15) is 0 Å². The van der Waals surface area contributed by atoms with Crippen molar-refractivity contribution < 1.29 is 0 Å². The molecule has 0 N–H and O–H groups in total. The third kappa shape index (κ3) is 2.16. The zero-order valence-corrected chi connectivity index (χ0v) is 9.09. The third-order valence-corrected chi connectivity index (χ3v) is 2.98. The fourth-order valence-corrected chi connectivity index (χ4v) is 2.00. The number of pyridine rings is 1. The Labute approximate surface area is 89.8 Å². The van der Waals surface area contributed by atoms with Crippen LogP contribution in [0, 0.1) is 5.92 Å². The minimum Gasteiger partial charge on any atom is -0.245 e. The molecule has 0 saturated heterocycles. The second-order valence-electron chi connectivity index (χ2n) is 3.98. The molecule has 2 heteroatoms. The molecule has 1 atom stereocenters. The van der Waals surface area contributed by atoms with Gasteiger partial charge in [-0.3, -0.25) is 0 Å². The molecule has 0 radical (unpaired) electrons. The van der Waals surface area contributed by atoms with Crippen molar-refractivity contribution in [3.63, 3.8) is 0 Å². The van der Waals surface area contributed by atoms with E-state index < -0.39 is 0 Å². The molecule has 1 aromatic heterocycles. The molecule has 74 valence electrons. The largest absolute Gasteiger partial charge is 0.245 e. The Bertz CT molecular complexity index is 357. The van der Waals surface area contributed by atoms with E-state index in [0.29, 0.717) is 5.15 Å². The van der Waals surface area contributed by atoms with Crippen molar-refractivity contribution in [3.05, 3.63) is 35.1 Å². The van der Waals surface area contributed by atoms with Gasteiger partial charge in [0.1, 0.15) is 5.15 Å². The Morgan fingerprint density at radius 3 is 3.00 bits per heavy atom. The van der Waals surface area contributed by atoms with Gasteiger partial charge in [-0.05, 0) is 48.4 Å². The number of allylic oxidation sites excluding steroid dienone is 2. The number of nitrogens with zero attached hydrogens (tertiary/aromatic N) is 1. The molecule has 1 heterocycles. The lowest BCUT2D eigenvalue weighted by molar-refractivity contribution is 0.534. The lowest BCUT2D eigenvalue weighted by atomic mass is 9.88. The number of hydrogen-bond donors (Lipinski definition) is 0. The molecule has 0 spiro atoms. The van der Waals surface area contributed by atoms with Crippen LogP contribution >= 0.6 is 11.6 Å². The molecule has 0 bridgehead atoms. The summed E-state index contributed by atoms with van der Waals surface area (Å²) < 4.78 is 0. The standard InChI is InChI=1S/C12H14ClN/c1-9-2-4-10(5-3-9)11-6-7-14-12(13)8-11/h4,6-9H,2-3,5H2,1H3/t9-/m1/s1. The normalized spacial score (nSPS) is 21.9. The predicted molar refractivity (Wildman–Crippen MR) is 60.2 cm³/mol. The lowest BCUT2D eigenvalue weighted by Gasteiger charge is -2.18. The highest BCUT2D eigenvalue weighted by Crippen LogP contribution is 2.30. The number of hydrogen-bond acceptors (Lipinski definition) is 1. The first-order chi connectivity index (χ1) is 6.75. The van der Waals surface area contributed by atoms with E-state index >= 15 is 0 Å². The Balaban J connectivity index is 2.23. The zero-order chi connectivity index (χ0) is 9.97. The number of aromatic nitrogens is 1. The zero-order valence-electron chi connectivity index (χ0n) is 8.33. The van der Waals surface area contributed by atoms with Gasteiger partial charge in [0.25, 0.3) is 0 Å². The summed E-state index contributed by atoms with van der Waals surface area (Å²) in [6.07, 6.45) is 7.75. The molecule has 2 rings (SSSR count). The molecule has 1 aliphatic carbocycles. The van der Waals surface area contributed by atoms with Crippen molar-refractivity contribution in [1.82, 2.24) is 4.98 Å². The van der Waals surface area contributed by atoms with E-state index in [1.807, 2.05) is 12.1 Å². The van der Waals surface area contributed by atoms with Gasteiger partial charge in [-0.1, -0.05) is 24.6 Å². The van der Waals surface area contributed by atoms with Gasteiger partial charge >= 0.3 is 0 Å². The molecule has 0 amide bonds. The molecule has 0 fully saturated rings. The van der Waals surface area contributed by atoms with Crippen LogP contribution in [0.2, 0.25) is 5.15 Å². The van der Waals surface area contributed by atoms with Gasteiger partial charge in [-0.15, -0.1) is 0 Å². The molecule has 14 heavy (non-hydrogen) atoms. The monoisotopic (exact) mass is 207 g/mol. The summed E-state index contributed by atoms with van der Waals surface area (Å²) in [5, 5.41) is 0.585. The minimum atomic E-state index is 0.585. The van der Waals surface area contributed by atoms with Crippen molar-refractivity contribution in [2.45, 2.75) is 26.2 Å². The quantitative estimate of drug-likeness (QED) is 0.636. The molecule has 1 nitrogen and oxygen atoms in total. The molecule has 0 aliphatic heterocycles. The Hall–Kier alpha value is -0.820. The Morgan fingerprint density at radius 2 is 2.36 bits per heavy atom. The number of rotatable bonds is 1. The Morgan fingerprint density at radius 1 is 1.50 bits per heavy atom. The topological polar surface area (TPSA) is 12.9 Å². The summed E-state index contributed by atoms with van der Waals surface area (Å²) in [7, 11) is 0. The van der Waals surface area contributed by atoms with E-state index in [2.05, 4.69) is 18.0 Å². The maximum Gasteiger partial charge on any atom is 0.129 e. The lowest BCUT2D eigenvalue weighted by Crippen LogP contribution is -2.00. The van der Waals surface area contributed by atoms with Gasteiger partial charge in [0.15, 0.2) is 0 Å². The van der Waals surface area contributed by atoms with Crippen LogP contribution in [0.3, 0.4) is 0 Å². The van der Waals surface area contributed by atoms with Crippen molar-refractivity contribution in [2.24, 2.45) is 5.92 Å². The van der Waals surface area contributed by atoms with Crippen molar-refractivity contribution in [2.75, 3.05) is 0 Å². The first-order valence-electron chi connectivity index (χ1n) is 5.06. The first kappa shape index (κ1) is 9.72. The van der Waals surface area contributed by atoms with Gasteiger partial charge in [0, 0.05) is 6.20 Å². The van der Waals surface area contributed by atoms with Crippen LogP contribution in [0.4, 0.5) is 0 Å². The number of halogens is 1. The van der Waals surface area contributed by atoms with Crippen molar-refractivity contribution >= 4 is 17.2 Å². The minimum absolute atomic E-state index is 0.585. The Kier molecular flexibility index (Phi) is 2.87. The molecular weight excluding hydrogens is 194 g/mol. The van der Waals surface area contributed by atoms with Gasteiger partial charge in [-0.2, -0.15) is 0 Å². The van der Waals surface area contributed by atoms with E-state index in [-0.39, 0.29) is 0 Å². The molecule has 0 saturated carbocycles. The summed E-state index contributed by atoms with van der Waals surface area (Å²) in [5.41, 5.74) is 2.66. The van der Waals surface area contributed by atoms with Crippen LogP contribution in [0.15, 0.2) is 24.4 Å². The smallest absolute Gasteiger partial charge is 0.129 e. The van der Waals surface area contributed by atoms with Crippen LogP contribution in [0.1, 0.15) is 31.7 Å². The predicted octanol–water partition coefficient (Wildman–Crippen LogP) is 3.94. The molecule has 0 unspecified atom stereocenters. The molecule has 1 aliphatic rings. The fourth-order valence-electron chi connectivity index (χ4n) is 1.83. The van der Waals surface area contributed by atoms with Crippen LogP contribution in [-0.4, -0.2) is 4.98 Å². The van der Waals surface area contributed by atoms with E-state index in [0.717, 1.165) is 5.92 Å². The van der Waals surface area contributed by atoms with Gasteiger partial charge < -0.3 is 0 Å². The maximum atomic E-state index is 5.85. The van der Waals surface area contributed by atoms with Crippen molar-refractivity contribution in [3.8, 4) is 0 Å². The van der Waals surface area contributed by atoms with Crippen LogP contribution in [-0.2, 0) is 0 Å². The van der Waals surface area contributed by atoms with Crippen LogP contribution in [0.25, 0.3) is 5.57 Å². The van der Waals surface area contributed by atoms with Gasteiger partial charge in [-0.25, -0.2) is 4.98 Å². The van der Waals surface area contributed by atoms with Gasteiger partial charge in [0.2, 0.25) is 0 Å². The summed E-state index contributed by atoms with van der Waals surface area (Å²) in [6.45, 7) is 2.30. The molecule has 1 aromatic rings. The average molecular weight is 208 g/mol. The highest BCUT2D eigenvalue weighted by atomic mass is 35.5. The summed E-state index contributed by atoms with van der Waals surface area (Å²) >= 11 is 5.85. The van der Waals surface area contributed by atoms with E-state index in [1.54, 1.807) is 6.20 Å². The highest BCUT2D eigenvalue weighted by molar-refractivity contribution is 6.29. The first-order valence-corrected chi connectivity index (χ1v) is 5.44. The summed E-state index contributed by atoms with van der Waals surface area (Å²) in [4.78, 5) is 3.99. The summed E-state index contributed by atoms with van der Waals surface area (Å²) in [5.74, 6) is 0.830. The second kappa shape index (κ2) is 4.14. The third-order valence-electron chi connectivity index (χ3n) is 2.77. The summed E-state index contributed by atoms with van der Waals surface area (Å²) in [6, 6.07) is 3.98. The highest BCUT2D eigenvalue weighted by Gasteiger charge is 2.11. The molecular formula is C12H14ClN. The SMILES string of the molecule is C[C@@H]1CC=C(c2ccnc(Cl)c2)CC1.